The molecule has 1 aliphatic heterocycles. The van der Waals surface area contributed by atoms with Crippen LogP contribution in [0.25, 0.3) is 0 Å². The number of nitrogens with zero attached hydrogens (tertiary/aromatic N) is 1. The average Bonchev–Trinajstić information content (AvgIpc) is 2.61. The molecule has 1 atom stereocenters. The van der Waals surface area contributed by atoms with Gasteiger partial charge in [-0.1, -0.05) is 0 Å². The van der Waals surface area contributed by atoms with Crippen molar-refractivity contribution >= 4 is 17.8 Å². The molecule has 0 aromatic heterocycles. The van der Waals surface area contributed by atoms with Crippen LogP contribution in [-0.4, -0.2) is 60.6 Å². The second-order valence-electron chi connectivity index (χ2n) is 7.05. The zero-order valence-electron chi connectivity index (χ0n) is 15.4. The molecule has 2 N–H and O–H groups in total. The van der Waals surface area contributed by atoms with E-state index in [0.29, 0.717) is 30.5 Å². The lowest BCUT2D eigenvalue weighted by atomic mass is 9.80. The van der Waals surface area contributed by atoms with E-state index in [1.54, 1.807) is 29.2 Å². The summed E-state index contributed by atoms with van der Waals surface area (Å²) in [6.07, 6.45) is 1.09. The second kappa shape index (κ2) is 8.31. The summed E-state index contributed by atoms with van der Waals surface area (Å²) in [7, 11) is 1.46. The third kappa shape index (κ3) is 4.40. The maximum absolute atomic E-state index is 12.8. The third-order valence-electron chi connectivity index (χ3n) is 4.55. The van der Waals surface area contributed by atoms with E-state index in [2.05, 4.69) is 5.32 Å². The van der Waals surface area contributed by atoms with Crippen molar-refractivity contribution < 1.29 is 24.2 Å². The van der Waals surface area contributed by atoms with Crippen molar-refractivity contribution in [1.82, 2.24) is 10.2 Å². The van der Waals surface area contributed by atoms with Gasteiger partial charge in [-0.3, -0.25) is 14.4 Å². The van der Waals surface area contributed by atoms with E-state index in [9.17, 15) is 19.5 Å². The van der Waals surface area contributed by atoms with E-state index in [1.165, 1.54) is 7.11 Å². The Hall–Kier alpha value is -2.41. The molecule has 1 heterocycles. The normalized spacial score (nSPS) is 20.1. The van der Waals surface area contributed by atoms with E-state index in [0.717, 1.165) is 0 Å². The molecule has 1 aromatic carbocycles. The molecule has 1 unspecified atom stereocenters. The van der Waals surface area contributed by atoms with Crippen LogP contribution in [-0.2, 0) is 9.53 Å². The van der Waals surface area contributed by atoms with Crippen LogP contribution >= 0.6 is 0 Å². The summed E-state index contributed by atoms with van der Waals surface area (Å²) in [6.45, 7) is 4.44. The van der Waals surface area contributed by atoms with E-state index in [4.69, 9.17) is 4.74 Å². The Bertz CT molecular complexity index is 667. The van der Waals surface area contributed by atoms with Crippen LogP contribution in [0.1, 0.15) is 47.4 Å². The van der Waals surface area contributed by atoms with Gasteiger partial charge in [-0.25, -0.2) is 0 Å². The van der Waals surface area contributed by atoms with Crippen LogP contribution in [0.4, 0.5) is 0 Å². The predicted molar refractivity (Wildman–Crippen MR) is 96.1 cm³/mol. The highest BCUT2D eigenvalue weighted by Gasteiger charge is 2.44. The van der Waals surface area contributed by atoms with E-state index in [1.807, 2.05) is 13.8 Å². The van der Waals surface area contributed by atoms with Crippen molar-refractivity contribution in [2.24, 2.45) is 5.41 Å². The summed E-state index contributed by atoms with van der Waals surface area (Å²) in [4.78, 5) is 38.0. The molecule has 7 nitrogen and oxygen atoms in total. The van der Waals surface area contributed by atoms with Crippen LogP contribution in [0.5, 0.6) is 0 Å². The molecule has 0 spiro atoms. The highest BCUT2D eigenvalue weighted by molar-refractivity contribution is 5.98. The van der Waals surface area contributed by atoms with Gasteiger partial charge < -0.3 is 20.1 Å². The first-order valence-corrected chi connectivity index (χ1v) is 8.71. The highest BCUT2D eigenvalue weighted by atomic mass is 16.5. The first-order chi connectivity index (χ1) is 12.3. The van der Waals surface area contributed by atoms with Crippen LogP contribution < -0.4 is 5.32 Å². The fraction of sp³-hybridized carbons (Fsp3) is 0.526. The summed E-state index contributed by atoms with van der Waals surface area (Å²) in [5, 5.41) is 12.4. The van der Waals surface area contributed by atoms with E-state index >= 15 is 0 Å². The van der Waals surface area contributed by atoms with Crippen molar-refractivity contribution in [3.63, 3.8) is 0 Å². The van der Waals surface area contributed by atoms with Crippen LogP contribution in [0.3, 0.4) is 0 Å². The maximum Gasteiger partial charge on any atom is 0.313 e. The minimum Gasteiger partial charge on any atom is -0.481 e. The zero-order chi connectivity index (χ0) is 19.3. The molecule has 0 aliphatic carbocycles. The number of ether oxygens (including phenoxy) is 1. The van der Waals surface area contributed by atoms with Crippen molar-refractivity contribution in [2.45, 2.75) is 32.7 Å². The van der Waals surface area contributed by atoms with Crippen LogP contribution in [0.15, 0.2) is 24.3 Å². The number of aliphatic carboxylic acids is 1. The summed E-state index contributed by atoms with van der Waals surface area (Å²) in [6, 6.07) is 6.45. The molecule has 0 bridgehead atoms. The Balaban J connectivity index is 2.13. The van der Waals surface area contributed by atoms with Crippen molar-refractivity contribution in [3.8, 4) is 0 Å². The van der Waals surface area contributed by atoms with Crippen LogP contribution in [0, 0.1) is 5.41 Å². The maximum atomic E-state index is 12.8. The standard InChI is InChI=1S/C19H26N2O5/c1-13(2)20-16(22)14-5-7-15(8-6-14)17(23)21-10-4-9-19(11-21,12-26-3)18(24)25/h5-8,13H,4,9-12H2,1-3H3,(H,20,22)(H,24,25). The quantitative estimate of drug-likeness (QED) is 0.804. The van der Waals surface area contributed by atoms with Gasteiger partial charge in [0.15, 0.2) is 0 Å². The Labute approximate surface area is 153 Å². The van der Waals surface area contributed by atoms with Crippen LogP contribution in [0.2, 0.25) is 0 Å². The van der Waals surface area contributed by atoms with Gasteiger partial charge in [-0.2, -0.15) is 0 Å². The Kier molecular flexibility index (Phi) is 6.37. The molecule has 1 fully saturated rings. The molecule has 7 heteroatoms. The van der Waals surface area contributed by atoms with Gasteiger partial charge in [-0.05, 0) is 51.0 Å². The molecule has 142 valence electrons. The number of rotatable bonds is 6. The molecule has 1 aliphatic rings. The molecular formula is C19H26N2O5. The average molecular weight is 362 g/mol. The summed E-state index contributed by atoms with van der Waals surface area (Å²) >= 11 is 0. The summed E-state index contributed by atoms with van der Waals surface area (Å²) in [5.74, 6) is -1.37. The number of benzene rings is 1. The SMILES string of the molecule is COCC1(C(=O)O)CCCN(C(=O)c2ccc(C(=O)NC(C)C)cc2)C1. The van der Waals surface area contributed by atoms with Gasteiger partial charge >= 0.3 is 5.97 Å². The monoisotopic (exact) mass is 362 g/mol. The fourth-order valence-corrected chi connectivity index (χ4v) is 3.23. The summed E-state index contributed by atoms with van der Waals surface area (Å²) < 4.78 is 5.09. The second-order valence-corrected chi connectivity index (χ2v) is 7.05. The summed E-state index contributed by atoms with van der Waals surface area (Å²) in [5.41, 5.74) is -0.155. The van der Waals surface area contributed by atoms with Gasteiger partial charge in [-0.15, -0.1) is 0 Å². The molecule has 2 amide bonds. The smallest absolute Gasteiger partial charge is 0.313 e. The van der Waals surface area contributed by atoms with Gasteiger partial charge in [0, 0.05) is 37.4 Å². The van der Waals surface area contributed by atoms with Crippen molar-refractivity contribution in [2.75, 3.05) is 26.8 Å². The number of carboxylic acids is 1. The Morgan fingerprint density at radius 3 is 2.38 bits per heavy atom. The highest BCUT2D eigenvalue weighted by Crippen LogP contribution is 2.31. The minimum atomic E-state index is -1.07. The number of carbonyl (C=O) groups excluding carboxylic acids is 2. The number of hydrogen-bond acceptors (Lipinski definition) is 4. The van der Waals surface area contributed by atoms with Gasteiger partial charge in [0.05, 0.1) is 6.61 Å². The number of likely N-dealkylation sites (tertiary alicyclic amines) is 1. The molecular weight excluding hydrogens is 336 g/mol. The Morgan fingerprint density at radius 2 is 1.85 bits per heavy atom. The van der Waals surface area contributed by atoms with Gasteiger partial charge in [0.25, 0.3) is 11.8 Å². The largest absolute Gasteiger partial charge is 0.481 e. The minimum absolute atomic E-state index is 0.0297. The lowest BCUT2D eigenvalue weighted by molar-refractivity contribution is -0.155. The fourth-order valence-electron chi connectivity index (χ4n) is 3.23. The van der Waals surface area contributed by atoms with E-state index < -0.39 is 11.4 Å². The number of carbonyl (C=O) groups is 3. The van der Waals surface area contributed by atoms with Gasteiger partial charge in [0.1, 0.15) is 5.41 Å². The number of piperidine rings is 1. The topological polar surface area (TPSA) is 95.9 Å². The number of amides is 2. The predicted octanol–water partition coefficient (Wildman–Crippen LogP) is 1.78. The number of hydrogen-bond donors (Lipinski definition) is 2. The molecule has 1 saturated heterocycles. The van der Waals surface area contributed by atoms with Crippen molar-refractivity contribution in [1.29, 1.82) is 0 Å². The third-order valence-corrected chi connectivity index (χ3v) is 4.55. The first-order valence-electron chi connectivity index (χ1n) is 8.71. The molecule has 2 rings (SSSR count). The molecule has 0 saturated carbocycles. The molecule has 0 radical (unpaired) electrons. The van der Waals surface area contributed by atoms with Gasteiger partial charge in [0.2, 0.25) is 0 Å². The first kappa shape index (κ1) is 19.9. The number of methoxy groups -OCH3 is 1. The lowest BCUT2D eigenvalue weighted by Gasteiger charge is -2.39. The number of nitrogens with one attached hydrogen (secondary N) is 1. The number of carboxylic acid groups (broad SMARTS) is 1. The molecule has 26 heavy (non-hydrogen) atoms. The zero-order valence-corrected chi connectivity index (χ0v) is 15.4. The van der Waals surface area contributed by atoms with E-state index in [-0.39, 0.29) is 31.0 Å². The molecule has 1 aromatic rings. The van der Waals surface area contributed by atoms with Crippen molar-refractivity contribution in [3.05, 3.63) is 35.4 Å². The Morgan fingerprint density at radius 1 is 1.23 bits per heavy atom. The lowest BCUT2D eigenvalue weighted by Crippen LogP contribution is -2.52.